The topological polar surface area (TPSA) is 92.5 Å². The number of fused-ring (bicyclic) bond motifs is 2. The Labute approximate surface area is 206 Å². The molecule has 2 bridgehead atoms. The van der Waals surface area contributed by atoms with Gasteiger partial charge in [0.2, 0.25) is 5.91 Å². The number of nitrogens with two attached hydrogens (primary N) is 1. The van der Waals surface area contributed by atoms with E-state index < -0.39 is 16.5 Å². The van der Waals surface area contributed by atoms with Crippen LogP contribution in [0.5, 0.6) is 0 Å². The zero-order chi connectivity index (χ0) is 25.1. The van der Waals surface area contributed by atoms with Gasteiger partial charge in [-0.1, -0.05) is 31.5 Å². The van der Waals surface area contributed by atoms with Gasteiger partial charge in [-0.25, -0.2) is 8.51 Å². The molecule has 186 valence electrons. The van der Waals surface area contributed by atoms with Crippen molar-refractivity contribution in [3.05, 3.63) is 28.8 Å². The number of benzene rings is 1. The number of primary amides is 1. The average molecular weight is 498 g/mol. The number of aldehydes is 1. The molecule has 1 amide bonds. The monoisotopic (exact) mass is 497 g/mol. The summed E-state index contributed by atoms with van der Waals surface area (Å²) >= 11 is 5.99. The van der Waals surface area contributed by atoms with E-state index in [9.17, 15) is 13.8 Å². The third-order valence-corrected chi connectivity index (χ3v) is 9.79. The van der Waals surface area contributed by atoms with Crippen LogP contribution < -0.4 is 11.1 Å². The molecule has 8 heteroatoms. The molecule has 6 atom stereocenters. The summed E-state index contributed by atoms with van der Waals surface area (Å²) in [5, 5.41) is 4.01. The number of amides is 1. The second-order valence-electron chi connectivity index (χ2n) is 10.6. The molecule has 0 saturated heterocycles. The molecule has 1 aromatic carbocycles. The molecule has 6 nitrogen and oxygen atoms in total. The van der Waals surface area contributed by atoms with E-state index in [0.717, 1.165) is 30.6 Å². The van der Waals surface area contributed by atoms with Crippen molar-refractivity contribution in [2.24, 2.45) is 28.9 Å². The van der Waals surface area contributed by atoms with Gasteiger partial charge in [0.25, 0.3) is 0 Å². The van der Waals surface area contributed by atoms with Crippen molar-refractivity contribution < 1.29 is 13.8 Å². The van der Waals surface area contributed by atoms with Crippen molar-refractivity contribution in [1.29, 1.82) is 0 Å². The Morgan fingerprint density at radius 1 is 1.33 bits per heavy atom. The van der Waals surface area contributed by atoms with Crippen LogP contribution >= 0.6 is 11.6 Å². The Morgan fingerprint density at radius 3 is 2.52 bits per heavy atom. The van der Waals surface area contributed by atoms with Crippen LogP contribution in [0.2, 0.25) is 5.02 Å². The predicted molar refractivity (Wildman–Crippen MR) is 135 cm³/mol. The van der Waals surface area contributed by atoms with Gasteiger partial charge in [-0.3, -0.25) is 4.79 Å². The first-order chi connectivity index (χ1) is 15.3. The van der Waals surface area contributed by atoms with E-state index in [4.69, 9.17) is 17.3 Å². The molecule has 0 aromatic heterocycles. The Kier molecular flexibility index (Phi) is 9.30. The van der Waals surface area contributed by atoms with Crippen LogP contribution in [-0.4, -0.2) is 46.4 Å². The molecular formula is C25H40ClN3O3S. The van der Waals surface area contributed by atoms with Gasteiger partial charge in [-0.05, 0) is 89.0 Å². The zero-order valence-electron chi connectivity index (χ0n) is 21.0. The van der Waals surface area contributed by atoms with E-state index in [1.54, 1.807) is 39.1 Å². The standard InChI is InChI=1S/C13H24N2O.C12H16ClNO2S/c1-8-4-9-5-10(11(8)15-3)7-13(2,6-9)12(14)16;1-9-10(13)6-5-7-11(9)17(16)14(4)12(2,3)8-15/h8-11,15H,4-7H2,1-3H3,(H2,14,16);5-8H,1-4H3. The zero-order valence-corrected chi connectivity index (χ0v) is 22.6. The molecule has 2 saturated carbocycles. The summed E-state index contributed by atoms with van der Waals surface area (Å²) < 4.78 is 13.9. The smallest absolute Gasteiger partial charge is 0.223 e. The molecule has 3 N–H and O–H groups in total. The van der Waals surface area contributed by atoms with Crippen LogP contribution in [0.25, 0.3) is 0 Å². The highest BCUT2D eigenvalue weighted by Crippen LogP contribution is 2.50. The summed E-state index contributed by atoms with van der Waals surface area (Å²) in [5.74, 6) is 1.96. The second-order valence-corrected chi connectivity index (χ2v) is 12.5. The van der Waals surface area contributed by atoms with Gasteiger partial charge in [0.1, 0.15) is 17.3 Å². The van der Waals surface area contributed by atoms with Crippen molar-refractivity contribution in [1.82, 2.24) is 9.62 Å². The maximum absolute atomic E-state index is 12.3. The van der Waals surface area contributed by atoms with E-state index in [1.807, 2.05) is 14.0 Å². The molecule has 1 aromatic rings. The highest BCUT2D eigenvalue weighted by Gasteiger charge is 2.47. The van der Waals surface area contributed by atoms with Crippen molar-refractivity contribution >= 4 is 34.8 Å². The van der Waals surface area contributed by atoms with Crippen molar-refractivity contribution in [3.63, 3.8) is 0 Å². The van der Waals surface area contributed by atoms with Crippen LogP contribution in [-0.2, 0) is 20.6 Å². The Hall–Kier alpha value is -1.28. The van der Waals surface area contributed by atoms with Crippen molar-refractivity contribution in [2.45, 2.75) is 76.8 Å². The van der Waals surface area contributed by atoms with Gasteiger partial charge >= 0.3 is 0 Å². The van der Waals surface area contributed by atoms with Gasteiger partial charge in [0, 0.05) is 23.5 Å². The maximum atomic E-state index is 12.3. The molecule has 2 aliphatic rings. The minimum absolute atomic E-state index is 0.105. The molecule has 2 fully saturated rings. The lowest BCUT2D eigenvalue weighted by Gasteiger charge is -2.49. The molecule has 0 aliphatic heterocycles. The first kappa shape index (κ1) is 28.0. The summed E-state index contributed by atoms with van der Waals surface area (Å²) in [6.45, 7) is 9.64. The van der Waals surface area contributed by atoms with Gasteiger partial charge in [-0.15, -0.1) is 0 Å². The van der Waals surface area contributed by atoms with Crippen LogP contribution in [0, 0.1) is 30.1 Å². The number of hydrogen-bond acceptors (Lipinski definition) is 4. The maximum Gasteiger partial charge on any atom is 0.223 e. The number of carbonyl (C=O) groups excluding carboxylic acids is 2. The summed E-state index contributed by atoms with van der Waals surface area (Å²) in [5.41, 5.74) is 5.31. The number of nitrogens with one attached hydrogen (secondary N) is 1. The van der Waals surface area contributed by atoms with E-state index >= 15 is 0 Å². The number of carbonyl (C=O) groups is 2. The second kappa shape index (κ2) is 11.0. The lowest BCUT2D eigenvalue weighted by Crippen LogP contribution is -2.52. The first-order valence-electron chi connectivity index (χ1n) is 11.6. The van der Waals surface area contributed by atoms with Crippen molar-refractivity contribution in [3.8, 4) is 0 Å². The van der Waals surface area contributed by atoms with Gasteiger partial charge in [0.05, 0.1) is 10.4 Å². The molecule has 2 aliphatic carbocycles. The number of nitrogens with zero attached hydrogens (tertiary/aromatic N) is 1. The minimum atomic E-state index is -1.40. The molecule has 6 unspecified atom stereocenters. The number of likely N-dealkylation sites (N-methyl/N-ethyl adjacent to an activating group) is 1. The summed E-state index contributed by atoms with van der Waals surface area (Å²) in [6.07, 6.45) is 5.27. The van der Waals surface area contributed by atoms with E-state index in [-0.39, 0.29) is 11.3 Å². The van der Waals surface area contributed by atoms with Crippen LogP contribution in [0.1, 0.15) is 58.9 Å². The Morgan fingerprint density at radius 2 is 1.97 bits per heavy atom. The van der Waals surface area contributed by atoms with Gasteiger partial charge in [0.15, 0.2) is 0 Å². The normalized spacial score (nSPS) is 30.2. The average Bonchev–Trinajstić information content (AvgIpc) is 2.74. The largest absolute Gasteiger partial charge is 0.369 e. The van der Waals surface area contributed by atoms with Crippen molar-refractivity contribution in [2.75, 3.05) is 14.1 Å². The summed E-state index contributed by atoms with van der Waals surface area (Å²) in [4.78, 5) is 23.2. The van der Waals surface area contributed by atoms with Crippen LogP contribution in [0.4, 0.5) is 0 Å². The third kappa shape index (κ3) is 6.24. The quantitative estimate of drug-likeness (QED) is 0.578. The fraction of sp³-hybridized carbons (Fsp3) is 0.680. The number of halogens is 1. The number of hydrogen-bond donors (Lipinski definition) is 2. The van der Waals surface area contributed by atoms with Crippen LogP contribution in [0.15, 0.2) is 23.1 Å². The predicted octanol–water partition coefficient (Wildman–Crippen LogP) is 4.10. The van der Waals surface area contributed by atoms with Gasteiger partial charge in [-0.2, -0.15) is 0 Å². The van der Waals surface area contributed by atoms with E-state index in [2.05, 4.69) is 19.2 Å². The molecule has 3 rings (SSSR count). The van der Waals surface area contributed by atoms with Crippen LogP contribution in [0.3, 0.4) is 0 Å². The van der Waals surface area contributed by atoms with E-state index in [0.29, 0.717) is 27.8 Å². The molecule has 0 spiro atoms. The summed E-state index contributed by atoms with van der Waals surface area (Å²) in [6, 6.07) is 5.83. The number of rotatable bonds is 6. The third-order valence-electron chi connectivity index (χ3n) is 7.60. The fourth-order valence-electron chi connectivity index (χ4n) is 5.42. The Balaban J connectivity index is 0.000000234. The molecule has 33 heavy (non-hydrogen) atoms. The molecule has 0 heterocycles. The highest BCUT2D eigenvalue weighted by molar-refractivity contribution is 7.82. The Bertz CT molecular complexity index is 892. The van der Waals surface area contributed by atoms with Gasteiger partial charge < -0.3 is 15.8 Å². The lowest BCUT2D eigenvalue weighted by atomic mass is 9.57. The highest BCUT2D eigenvalue weighted by atomic mass is 35.5. The SMILES string of the molecule is CNC1C(C)CC2CC1CC(C)(C(N)=O)C2.Cc1c(Cl)cccc1S(=O)N(C)C(C)(C)C=O. The minimum Gasteiger partial charge on any atom is -0.369 e. The lowest BCUT2D eigenvalue weighted by molar-refractivity contribution is -0.132. The molecular weight excluding hydrogens is 458 g/mol. The molecule has 0 radical (unpaired) electrons. The van der Waals surface area contributed by atoms with E-state index in [1.165, 1.54) is 17.1 Å². The first-order valence-corrected chi connectivity index (χ1v) is 13.1. The summed E-state index contributed by atoms with van der Waals surface area (Å²) in [7, 11) is 2.30. The fourth-order valence-corrected chi connectivity index (χ4v) is 6.98.